The number of aliphatic hydroxyl groups is 1. The molecule has 0 heterocycles. The molecule has 5 nitrogen and oxygen atoms in total. The van der Waals surface area contributed by atoms with Gasteiger partial charge in [0, 0.05) is 31.0 Å². The topological polar surface area (TPSA) is 67.8 Å². The fourth-order valence-electron chi connectivity index (χ4n) is 2.59. The van der Waals surface area contributed by atoms with Gasteiger partial charge < -0.3 is 19.9 Å². The van der Waals surface area contributed by atoms with Crippen molar-refractivity contribution in [3.05, 3.63) is 29.3 Å². The minimum Gasteiger partial charge on any atom is -0.488 e. The van der Waals surface area contributed by atoms with Crippen LogP contribution in [0.4, 0.5) is 0 Å². The molecule has 1 aliphatic carbocycles. The quantitative estimate of drug-likeness (QED) is 0.804. The molecule has 2 rings (SSSR count). The van der Waals surface area contributed by atoms with Gasteiger partial charge in [0.2, 0.25) is 5.91 Å². The highest BCUT2D eigenvalue weighted by atomic mass is 35.5. The van der Waals surface area contributed by atoms with Gasteiger partial charge in [0.25, 0.3) is 0 Å². The van der Waals surface area contributed by atoms with Crippen molar-refractivity contribution in [3.8, 4) is 5.75 Å². The Hall–Kier alpha value is -1.30. The van der Waals surface area contributed by atoms with Crippen LogP contribution in [0.15, 0.2) is 24.3 Å². The van der Waals surface area contributed by atoms with Gasteiger partial charge in [-0.2, -0.15) is 0 Å². The van der Waals surface area contributed by atoms with Gasteiger partial charge in [-0.05, 0) is 37.1 Å². The third-order valence-corrected chi connectivity index (χ3v) is 4.13. The van der Waals surface area contributed by atoms with Crippen molar-refractivity contribution < 1.29 is 19.4 Å². The third kappa shape index (κ3) is 4.87. The van der Waals surface area contributed by atoms with Crippen LogP contribution in [0.3, 0.4) is 0 Å². The molecular formula is C16H22ClNO4. The lowest BCUT2D eigenvalue weighted by Gasteiger charge is -2.21. The molecule has 22 heavy (non-hydrogen) atoms. The summed E-state index contributed by atoms with van der Waals surface area (Å²) in [6, 6.07) is 7.08. The molecule has 0 aromatic heterocycles. The average molecular weight is 328 g/mol. The Labute approximate surface area is 135 Å². The molecule has 0 radical (unpaired) electrons. The van der Waals surface area contributed by atoms with Crippen molar-refractivity contribution >= 4 is 17.5 Å². The zero-order valence-corrected chi connectivity index (χ0v) is 13.4. The summed E-state index contributed by atoms with van der Waals surface area (Å²) in [7, 11) is 1.56. The summed E-state index contributed by atoms with van der Waals surface area (Å²) < 4.78 is 10.7. The van der Waals surface area contributed by atoms with Crippen molar-refractivity contribution in [2.75, 3.05) is 20.3 Å². The van der Waals surface area contributed by atoms with Crippen LogP contribution in [-0.4, -0.2) is 43.5 Å². The maximum absolute atomic E-state index is 11.6. The second kappa shape index (κ2) is 8.36. The molecule has 1 amide bonds. The summed E-state index contributed by atoms with van der Waals surface area (Å²) in [4.78, 5) is 11.6. The van der Waals surface area contributed by atoms with E-state index >= 15 is 0 Å². The highest BCUT2D eigenvalue weighted by Gasteiger charge is 2.36. The van der Waals surface area contributed by atoms with Crippen molar-refractivity contribution in [2.24, 2.45) is 5.92 Å². The van der Waals surface area contributed by atoms with E-state index < -0.39 is 6.10 Å². The minimum atomic E-state index is -0.585. The summed E-state index contributed by atoms with van der Waals surface area (Å²) in [5.41, 5.74) is 0. The Bertz CT molecular complexity index is 480. The molecule has 3 atom stereocenters. The van der Waals surface area contributed by atoms with Crippen LogP contribution in [0.25, 0.3) is 0 Å². The summed E-state index contributed by atoms with van der Waals surface area (Å²) in [5.74, 6) is 0.651. The average Bonchev–Trinajstić information content (AvgIpc) is 2.86. The standard InChI is InChI=1S/C16H22ClNO4/c1-21-9-8-15(19)18-10-11-2-7-14(16(11)20)22-13-5-3-12(17)4-6-13/h3-6,11,14,16,20H,2,7-10H2,1H3,(H,18,19)/t11-,14-,16-/m1/s1. The lowest BCUT2D eigenvalue weighted by atomic mass is 10.1. The van der Waals surface area contributed by atoms with Crippen molar-refractivity contribution in [2.45, 2.75) is 31.5 Å². The zero-order chi connectivity index (χ0) is 15.9. The van der Waals surface area contributed by atoms with Crippen molar-refractivity contribution in [1.82, 2.24) is 5.32 Å². The molecular weight excluding hydrogens is 306 g/mol. The van der Waals surface area contributed by atoms with Crippen molar-refractivity contribution in [3.63, 3.8) is 0 Å². The fourth-order valence-corrected chi connectivity index (χ4v) is 2.72. The zero-order valence-electron chi connectivity index (χ0n) is 12.6. The highest BCUT2D eigenvalue weighted by molar-refractivity contribution is 6.30. The van der Waals surface area contributed by atoms with E-state index in [-0.39, 0.29) is 17.9 Å². The van der Waals surface area contributed by atoms with Crippen LogP contribution in [0, 0.1) is 5.92 Å². The molecule has 2 N–H and O–H groups in total. The van der Waals surface area contributed by atoms with Gasteiger partial charge in [0.15, 0.2) is 0 Å². The molecule has 6 heteroatoms. The predicted molar refractivity (Wildman–Crippen MR) is 84.1 cm³/mol. The van der Waals surface area contributed by atoms with Gasteiger partial charge in [-0.1, -0.05) is 11.6 Å². The number of halogens is 1. The van der Waals surface area contributed by atoms with E-state index in [2.05, 4.69) is 5.32 Å². The molecule has 1 aromatic rings. The first kappa shape index (κ1) is 17.1. The van der Waals surface area contributed by atoms with Crippen LogP contribution < -0.4 is 10.1 Å². The largest absolute Gasteiger partial charge is 0.488 e. The monoisotopic (exact) mass is 327 g/mol. The Kier molecular flexibility index (Phi) is 6.49. The van der Waals surface area contributed by atoms with Gasteiger partial charge in [0.1, 0.15) is 11.9 Å². The Balaban J connectivity index is 1.78. The molecule has 0 saturated heterocycles. The number of benzene rings is 1. The van der Waals surface area contributed by atoms with Crippen LogP contribution >= 0.6 is 11.6 Å². The molecule has 0 bridgehead atoms. The summed E-state index contributed by atoms with van der Waals surface area (Å²) in [6.07, 6.45) is 1.09. The first-order valence-electron chi connectivity index (χ1n) is 7.46. The first-order valence-corrected chi connectivity index (χ1v) is 7.84. The minimum absolute atomic E-state index is 0.0174. The maximum atomic E-state index is 11.6. The van der Waals surface area contributed by atoms with E-state index in [1.165, 1.54) is 0 Å². The Morgan fingerprint density at radius 2 is 2.09 bits per heavy atom. The number of amides is 1. The first-order chi connectivity index (χ1) is 10.6. The number of carbonyl (C=O) groups is 1. The number of rotatable bonds is 7. The lowest BCUT2D eigenvalue weighted by molar-refractivity contribution is -0.122. The second-order valence-corrected chi connectivity index (χ2v) is 5.92. The number of hydrogen-bond donors (Lipinski definition) is 2. The molecule has 122 valence electrons. The van der Waals surface area contributed by atoms with Crippen LogP contribution in [0.5, 0.6) is 5.75 Å². The maximum Gasteiger partial charge on any atom is 0.222 e. The van der Waals surface area contributed by atoms with E-state index in [0.717, 1.165) is 12.8 Å². The molecule has 1 aromatic carbocycles. The summed E-state index contributed by atoms with van der Waals surface area (Å²) in [6.45, 7) is 0.867. The van der Waals surface area contributed by atoms with E-state index in [9.17, 15) is 9.90 Å². The Morgan fingerprint density at radius 3 is 2.77 bits per heavy atom. The molecule has 1 saturated carbocycles. The molecule has 0 unspecified atom stereocenters. The van der Waals surface area contributed by atoms with Crippen LogP contribution in [0.2, 0.25) is 5.02 Å². The molecule has 1 aliphatic rings. The van der Waals surface area contributed by atoms with Crippen molar-refractivity contribution in [1.29, 1.82) is 0 Å². The number of methoxy groups -OCH3 is 1. The van der Waals surface area contributed by atoms with Gasteiger partial charge in [-0.25, -0.2) is 0 Å². The Morgan fingerprint density at radius 1 is 1.36 bits per heavy atom. The smallest absolute Gasteiger partial charge is 0.222 e. The van der Waals surface area contributed by atoms with E-state index in [1.54, 1.807) is 31.4 Å². The molecule has 0 spiro atoms. The van der Waals surface area contributed by atoms with Gasteiger partial charge in [0.05, 0.1) is 12.7 Å². The number of carbonyl (C=O) groups excluding carboxylic acids is 1. The van der Waals surface area contributed by atoms with Crippen LogP contribution in [-0.2, 0) is 9.53 Å². The van der Waals surface area contributed by atoms with E-state index in [4.69, 9.17) is 21.1 Å². The number of hydrogen-bond acceptors (Lipinski definition) is 4. The van der Waals surface area contributed by atoms with Gasteiger partial charge >= 0.3 is 0 Å². The normalized spacial score (nSPS) is 24.2. The van der Waals surface area contributed by atoms with Crippen LogP contribution in [0.1, 0.15) is 19.3 Å². The van der Waals surface area contributed by atoms with E-state index in [1.807, 2.05) is 0 Å². The molecule has 1 fully saturated rings. The molecule has 0 aliphatic heterocycles. The van der Waals surface area contributed by atoms with Gasteiger partial charge in [-0.15, -0.1) is 0 Å². The lowest BCUT2D eigenvalue weighted by Crippen LogP contribution is -2.37. The number of ether oxygens (including phenoxy) is 2. The predicted octanol–water partition coefficient (Wildman–Crippen LogP) is 2.01. The van der Waals surface area contributed by atoms with E-state index in [0.29, 0.717) is 30.3 Å². The highest BCUT2D eigenvalue weighted by Crippen LogP contribution is 2.29. The fraction of sp³-hybridized carbons (Fsp3) is 0.562. The second-order valence-electron chi connectivity index (χ2n) is 5.49. The number of aliphatic hydroxyl groups excluding tert-OH is 1. The number of nitrogens with one attached hydrogen (secondary N) is 1. The van der Waals surface area contributed by atoms with Gasteiger partial charge in [-0.3, -0.25) is 4.79 Å². The summed E-state index contributed by atoms with van der Waals surface area (Å²) in [5, 5.41) is 13.8. The summed E-state index contributed by atoms with van der Waals surface area (Å²) >= 11 is 5.83. The third-order valence-electron chi connectivity index (χ3n) is 3.88. The SMILES string of the molecule is COCCC(=O)NC[C@H]1CC[C@@H](Oc2ccc(Cl)cc2)[C@@H]1O.